The van der Waals surface area contributed by atoms with Crippen molar-refractivity contribution in [2.75, 3.05) is 6.16 Å². The van der Waals surface area contributed by atoms with Crippen LogP contribution in [0.5, 0.6) is 0 Å². The van der Waals surface area contributed by atoms with Gasteiger partial charge in [0.05, 0.1) is 12.2 Å². The van der Waals surface area contributed by atoms with Crippen LogP contribution in [0.25, 0.3) is 0 Å². The number of fused-ring (bicyclic) bond motifs is 1. The lowest BCUT2D eigenvalue weighted by molar-refractivity contribution is -0.145. The van der Waals surface area contributed by atoms with Crippen molar-refractivity contribution in [3.8, 4) is 0 Å². The van der Waals surface area contributed by atoms with Gasteiger partial charge in [-0.1, -0.05) is 27.2 Å². The van der Waals surface area contributed by atoms with Gasteiger partial charge in [0.1, 0.15) is 0 Å². The maximum Gasteiger partial charge on any atom is 0.163 e. The van der Waals surface area contributed by atoms with Gasteiger partial charge < -0.3 is 9.47 Å². The third-order valence-corrected chi connectivity index (χ3v) is 5.44. The molecule has 3 heteroatoms. The molecule has 4 atom stereocenters. The highest BCUT2D eigenvalue weighted by molar-refractivity contribution is 7.62. The van der Waals surface area contributed by atoms with E-state index in [-0.39, 0.29) is 13.7 Å². The third kappa shape index (κ3) is 1.56. The van der Waals surface area contributed by atoms with Gasteiger partial charge >= 0.3 is 0 Å². The molecule has 2 fully saturated rings. The predicted octanol–water partition coefficient (Wildman–Crippen LogP) is 2.53. The number of hydrogen-bond donors (Lipinski definition) is 0. The van der Waals surface area contributed by atoms with Crippen molar-refractivity contribution < 1.29 is 9.47 Å². The SMILES string of the molecule is C=CP1C[C@H]2OC(C)(C)O[C@@H]2[C@@H]1C. The smallest absolute Gasteiger partial charge is 0.163 e. The van der Waals surface area contributed by atoms with Crippen molar-refractivity contribution in [1.29, 1.82) is 0 Å². The summed E-state index contributed by atoms with van der Waals surface area (Å²) in [5.41, 5.74) is 0.610. The molecule has 1 unspecified atom stereocenters. The monoisotopic (exact) mass is 200 g/mol. The highest BCUT2D eigenvalue weighted by Gasteiger charge is 2.50. The molecule has 0 amide bonds. The summed E-state index contributed by atoms with van der Waals surface area (Å²) < 4.78 is 11.7. The van der Waals surface area contributed by atoms with Crippen LogP contribution in [-0.2, 0) is 9.47 Å². The molecule has 2 aliphatic rings. The fourth-order valence-corrected chi connectivity index (χ4v) is 4.36. The van der Waals surface area contributed by atoms with E-state index in [2.05, 4.69) is 19.3 Å². The molecule has 0 spiro atoms. The van der Waals surface area contributed by atoms with Crippen LogP contribution in [0.4, 0.5) is 0 Å². The Hall–Kier alpha value is 0.0900. The molecule has 2 nitrogen and oxygen atoms in total. The van der Waals surface area contributed by atoms with Gasteiger partial charge in [-0.3, -0.25) is 0 Å². The third-order valence-electron chi connectivity index (χ3n) is 2.85. The molecular formula is C10H17O2P. The lowest BCUT2D eigenvalue weighted by Crippen LogP contribution is -2.26. The zero-order chi connectivity index (χ0) is 9.64. The minimum Gasteiger partial charge on any atom is -0.344 e. The molecule has 13 heavy (non-hydrogen) atoms. The summed E-state index contributed by atoms with van der Waals surface area (Å²) in [5.74, 6) is 1.73. The first-order valence-electron chi connectivity index (χ1n) is 4.77. The van der Waals surface area contributed by atoms with Crippen LogP contribution in [0.2, 0.25) is 0 Å². The molecule has 0 radical (unpaired) electrons. The van der Waals surface area contributed by atoms with Crippen LogP contribution in [0.1, 0.15) is 20.8 Å². The Balaban J connectivity index is 2.11. The van der Waals surface area contributed by atoms with Gasteiger partial charge in [-0.15, -0.1) is 0 Å². The first-order chi connectivity index (χ1) is 6.03. The predicted molar refractivity (Wildman–Crippen MR) is 55.3 cm³/mol. The Morgan fingerprint density at radius 3 is 2.69 bits per heavy atom. The molecule has 0 aliphatic carbocycles. The molecule has 2 rings (SSSR count). The summed E-state index contributed by atoms with van der Waals surface area (Å²) in [7, 11) is -0.0649. The topological polar surface area (TPSA) is 18.5 Å². The van der Waals surface area contributed by atoms with Crippen molar-refractivity contribution in [2.45, 2.75) is 44.4 Å². The second-order valence-corrected chi connectivity index (χ2v) is 6.83. The summed E-state index contributed by atoms with van der Waals surface area (Å²) >= 11 is 0. The molecule has 2 aliphatic heterocycles. The van der Waals surface area contributed by atoms with E-state index >= 15 is 0 Å². The molecule has 0 saturated carbocycles. The van der Waals surface area contributed by atoms with Crippen LogP contribution in [-0.4, -0.2) is 29.8 Å². The largest absolute Gasteiger partial charge is 0.344 e. The number of ether oxygens (including phenoxy) is 2. The van der Waals surface area contributed by atoms with Crippen molar-refractivity contribution in [3.63, 3.8) is 0 Å². The molecular weight excluding hydrogens is 183 g/mol. The molecule has 0 aromatic heterocycles. The maximum absolute atomic E-state index is 5.86. The minimum absolute atomic E-state index is 0.0649. The van der Waals surface area contributed by atoms with Crippen LogP contribution in [0, 0.1) is 0 Å². The highest BCUT2D eigenvalue weighted by Crippen LogP contribution is 2.55. The van der Waals surface area contributed by atoms with Crippen molar-refractivity contribution >= 4 is 7.92 Å². The van der Waals surface area contributed by atoms with Gasteiger partial charge in [0.25, 0.3) is 0 Å². The first kappa shape index (κ1) is 9.64. The number of rotatable bonds is 1. The fraction of sp³-hybridized carbons (Fsp3) is 0.800. The average Bonchev–Trinajstić information content (AvgIpc) is 2.47. The summed E-state index contributed by atoms with van der Waals surface area (Å²) in [4.78, 5) is 0. The van der Waals surface area contributed by atoms with Gasteiger partial charge in [-0.25, -0.2) is 0 Å². The van der Waals surface area contributed by atoms with Crippen LogP contribution < -0.4 is 0 Å². The molecule has 0 N–H and O–H groups in total. The fourth-order valence-electron chi connectivity index (χ4n) is 2.22. The Bertz CT molecular complexity index is 227. The van der Waals surface area contributed by atoms with E-state index in [0.717, 1.165) is 6.16 Å². The van der Waals surface area contributed by atoms with Crippen molar-refractivity contribution in [3.05, 3.63) is 12.4 Å². The molecule has 0 aromatic carbocycles. The lowest BCUT2D eigenvalue weighted by atomic mass is 10.2. The maximum atomic E-state index is 5.86. The van der Waals surface area contributed by atoms with Crippen LogP contribution >= 0.6 is 7.92 Å². The van der Waals surface area contributed by atoms with E-state index in [1.807, 2.05) is 13.8 Å². The van der Waals surface area contributed by atoms with Gasteiger partial charge in [0.2, 0.25) is 0 Å². The Morgan fingerprint density at radius 2 is 2.15 bits per heavy atom. The van der Waals surface area contributed by atoms with E-state index in [4.69, 9.17) is 9.47 Å². The van der Waals surface area contributed by atoms with Crippen molar-refractivity contribution in [2.24, 2.45) is 0 Å². The summed E-state index contributed by atoms with van der Waals surface area (Å²) in [6.07, 6.45) is 1.75. The van der Waals surface area contributed by atoms with E-state index in [9.17, 15) is 0 Å². The van der Waals surface area contributed by atoms with Crippen molar-refractivity contribution in [1.82, 2.24) is 0 Å². The van der Waals surface area contributed by atoms with Gasteiger partial charge in [0.15, 0.2) is 5.79 Å². The minimum atomic E-state index is -0.369. The summed E-state index contributed by atoms with van der Waals surface area (Å²) in [6.45, 7) is 10.1. The van der Waals surface area contributed by atoms with Crippen LogP contribution in [0.3, 0.4) is 0 Å². The molecule has 0 aromatic rings. The molecule has 2 heterocycles. The second-order valence-electron chi connectivity index (χ2n) is 4.26. The molecule has 0 bridgehead atoms. The summed E-state index contributed by atoms with van der Waals surface area (Å²) in [6, 6.07) is 0. The van der Waals surface area contributed by atoms with E-state index in [1.165, 1.54) is 0 Å². The van der Waals surface area contributed by atoms with E-state index < -0.39 is 0 Å². The Kier molecular flexibility index (Phi) is 2.26. The zero-order valence-corrected chi connectivity index (χ0v) is 9.38. The van der Waals surface area contributed by atoms with E-state index in [1.54, 1.807) is 0 Å². The zero-order valence-electron chi connectivity index (χ0n) is 8.49. The first-order valence-corrected chi connectivity index (χ1v) is 6.44. The van der Waals surface area contributed by atoms with Gasteiger partial charge in [-0.2, -0.15) is 0 Å². The standard InChI is InChI=1S/C10H17O2P/c1-5-13-6-8-9(7(13)2)12-10(3,4)11-8/h5,7-9H,1,6H2,2-4H3/t7-,8+,9+,13?/m0/s1. The molecule has 74 valence electrons. The van der Waals surface area contributed by atoms with E-state index in [0.29, 0.717) is 17.9 Å². The second kappa shape index (κ2) is 3.05. The number of hydrogen-bond acceptors (Lipinski definition) is 2. The normalized spacial score (nSPS) is 47.6. The Morgan fingerprint density at radius 1 is 1.46 bits per heavy atom. The van der Waals surface area contributed by atoms with Gasteiger partial charge in [0, 0.05) is 11.8 Å². The Labute approximate surface area is 81.0 Å². The molecule has 2 saturated heterocycles. The van der Waals surface area contributed by atoms with Crippen LogP contribution in [0.15, 0.2) is 12.4 Å². The average molecular weight is 200 g/mol. The van der Waals surface area contributed by atoms with Gasteiger partial charge in [-0.05, 0) is 13.8 Å². The quantitative estimate of drug-likeness (QED) is 0.605. The lowest BCUT2D eigenvalue weighted by Gasteiger charge is -2.22. The summed E-state index contributed by atoms with van der Waals surface area (Å²) in [5, 5.41) is 0. The highest BCUT2D eigenvalue weighted by atomic mass is 31.1.